The maximum absolute atomic E-state index is 14.8. The van der Waals surface area contributed by atoms with E-state index in [2.05, 4.69) is 15.4 Å². The Labute approximate surface area is 222 Å². The second kappa shape index (κ2) is 12.6. The van der Waals surface area contributed by atoms with Crippen molar-refractivity contribution in [1.82, 2.24) is 14.8 Å². The van der Waals surface area contributed by atoms with Gasteiger partial charge in [-0.3, -0.25) is 0 Å². The molecular weight excluding hydrogens is 514 g/mol. The van der Waals surface area contributed by atoms with Gasteiger partial charge in [0.15, 0.2) is 0 Å². The van der Waals surface area contributed by atoms with Gasteiger partial charge < -0.3 is 19.9 Å². The molecule has 0 aliphatic rings. The molecule has 4 rings (SSSR count). The molecule has 0 aliphatic carbocycles. The second-order valence-electron chi connectivity index (χ2n) is 8.54. The number of nitrogens with zero attached hydrogens (tertiary/aromatic N) is 3. The van der Waals surface area contributed by atoms with Crippen LogP contribution in [0.25, 0.3) is 0 Å². The number of anilines is 1. The Morgan fingerprint density at radius 1 is 1.18 bits per heavy atom. The van der Waals surface area contributed by atoms with Crippen molar-refractivity contribution in [2.24, 2.45) is 0 Å². The van der Waals surface area contributed by atoms with Crippen LogP contribution in [-0.4, -0.2) is 45.6 Å². The Morgan fingerprint density at radius 2 is 2.00 bits per heavy atom. The Morgan fingerprint density at radius 3 is 2.71 bits per heavy atom. The number of para-hydroxylation sites is 1. The average molecular weight is 543 g/mol. The lowest BCUT2D eigenvalue weighted by Crippen LogP contribution is -2.39. The molecule has 1 unspecified atom stereocenters. The molecule has 4 aromatic rings. The normalized spacial score (nSPS) is 12.6. The Balaban J connectivity index is 1.51. The highest BCUT2D eigenvalue weighted by Crippen LogP contribution is 2.33. The summed E-state index contributed by atoms with van der Waals surface area (Å²) in [5.74, 6) is -1.38. The van der Waals surface area contributed by atoms with Crippen LogP contribution in [0.3, 0.4) is 0 Å². The quantitative estimate of drug-likeness (QED) is 0.185. The summed E-state index contributed by atoms with van der Waals surface area (Å²) in [6.45, 7) is 2.06. The van der Waals surface area contributed by atoms with Crippen LogP contribution >= 0.6 is 11.3 Å². The number of hydrogen-bond donors (Lipinski definition) is 2. The summed E-state index contributed by atoms with van der Waals surface area (Å²) in [6.07, 6.45) is 4.05. The molecule has 38 heavy (non-hydrogen) atoms. The molecule has 11 heteroatoms. The van der Waals surface area contributed by atoms with E-state index in [9.17, 15) is 18.7 Å². The van der Waals surface area contributed by atoms with E-state index in [-0.39, 0.29) is 25.3 Å². The predicted molar refractivity (Wildman–Crippen MR) is 139 cm³/mol. The smallest absolute Gasteiger partial charge is 0.341 e. The lowest BCUT2D eigenvalue weighted by Gasteiger charge is -2.29. The van der Waals surface area contributed by atoms with Crippen molar-refractivity contribution in [1.29, 1.82) is 0 Å². The molecule has 8 nitrogen and oxygen atoms in total. The van der Waals surface area contributed by atoms with Crippen molar-refractivity contribution in [3.05, 3.63) is 94.9 Å². The summed E-state index contributed by atoms with van der Waals surface area (Å²) < 4.78 is 40.6. The maximum atomic E-state index is 14.8. The molecule has 0 fully saturated rings. The fourth-order valence-corrected chi connectivity index (χ4v) is 5.00. The van der Waals surface area contributed by atoms with E-state index in [1.54, 1.807) is 13.0 Å². The first-order chi connectivity index (χ1) is 18.4. The number of ether oxygens (including phenoxy) is 2. The average Bonchev–Trinajstić information content (AvgIpc) is 3.56. The van der Waals surface area contributed by atoms with Gasteiger partial charge in [0, 0.05) is 16.5 Å². The minimum Gasteiger partial charge on any atom is -0.494 e. The molecule has 2 N–H and O–H groups in total. The molecule has 200 valence electrons. The number of hydrogen-bond acceptors (Lipinski definition) is 8. The summed E-state index contributed by atoms with van der Waals surface area (Å²) >= 11 is 1.34. The second-order valence-corrected chi connectivity index (χ2v) is 9.68. The van der Waals surface area contributed by atoms with Crippen LogP contribution in [0.1, 0.15) is 34.1 Å². The SMILES string of the molecule is CCOC(=O)c1cc(CCCOc2ccccc2)sc1NCC(O)(Cn1cncn1)c1ccc(F)cc1F. The minimum absolute atomic E-state index is 0.116. The maximum Gasteiger partial charge on any atom is 0.341 e. The summed E-state index contributed by atoms with van der Waals surface area (Å²) in [5, 5.41) is 19.1. The molecule has 2 aromatic carbocycles. The van der Waals surface area contributed by atoms with E-state index >= 15 is 0 Å². The number of nitrogens with one attached hydrogen (secondary N) is 1. The Bertz CT molecular complexity index is 1330. The van der Waals surface area contributed by atoms with Crippen LogP contribution < -0.4 is 10.1 Å². The first kappa shape index (κ1) is 27.2. The zero-order valence-corrected chi connectivity index (χ0v) is 21.6. The molecule has 0 amide bonds. The summed E-state index contributed by atoms with van der Waals surface area (Å²) in [4.78, 5) is 17.5. The summed E-state index contributed by atoms with van der Waals surface area (Å²) in [7, 11) is 0. The topological polar surface area (TPSA) is 98.5 Å². The van der Waals surface area contributed by atoms with E-state index in [4.69, 9.17) is 9.47 Å². The minimum atomic E-state index is -1.84. The standard InChI is InChI=1S/C27H28F2N4O4S/c1-2-36-26(34)22-14-21(9-6-12-37-20-7-4-3-5-8-20)38-25(22)31-15-27(35,16-33-18-30-17-32-33)23-11-10-19(28)13-24(23)29/h3-5,7-8,10-11,13-14,17-18,31,35H,2,6,9,12,15-16H2,1H3. The number of aromatic nitrogens is 3. The van der Waals surface area contributed by atoms with E-state index in [0.29, 0.717) is 36.1 Å². The van der Waals surface area contributed by atoms with Gasteiger partial charge in [0.2, 0.25) is 0 Å². The molecule has 0 saturated heterocycles. The van der Waals surface area contributed by atoms with E-state index < -0.39 is 23.2 Å². The number of aryl methyl sites for hydroxylation is 1. The lowest BCUT2D eigenvalue weighted by molar-refractivity contribution is 0.0246. The van der Waals surface area contributed by atoms with Gasteiger partial charge in [0.05, 0.1) is 31.9 Å². The van der Waals surface area contributed by atoms with Gasteiger partial charge in [-0.2, -0.15) is 5.10 Å². The number of carbonyl (C=O) groups is 1. The fraction of sp³-hybridized carbons (Fsp3) is 0.296. The van der Waals surface area contributed by atoms with Gasteiger partial charge >= 0.3 is 5.97 Å². The number of halogens is 2. The predicted octanol–water partition coefficient (Wildman–Crippen LogP) is 4.81. The van der Waals surface area contributed by atoms with Gasteiger partial charge in [0.25, 0.3) is 0 Å². The Hall–Kier alpha value is -3.83. The van der Waals surface area contributed by atoms with E-state index in [1.807, 2.05) is 30.3 Å². The van der Waals surface area contributed by atoms with Crippen molar-refractivity contribution in [3.8, 4) is 5.75 Å². The molecule has 0 saturated carbocycles. The molecular formula is C27H28F2N4O4S. The largest absolute Gasteiger partial charge is 0.494 e. The van der Waals surface area contributed by atoms with Crippen molar-refractivity contribution in [3.63, 3.8) is 0 Å². The molecule has 2 aromatic heterocycles. The van der Waals surface area contributed by atoms with Gasteiger partial charge in [-0.05, 0) is 44.0 Å². The molecule has 0 radical (unpaired) electrons. The van der Waals surface area contributed by atoms with E-state index in [1.165, 1.54) is 34.7 Å². The summed E-state index contributed by atoms with van der Waals surface area (Å²) in [6, 6.07) is 14.2. The Kier molecular flexibility index (Phi) is 9.03. The molecule has 0 aliphatic heterocycles. The van der Waals surface area contributed by atoms with Crippen LogP contribution in [0.15, 0.2) is 67.3 Å². The highest BCUT2D eigenvalue weighted by Gasteiger charge is 2.34. The third kappa shape index (κ3) is 6.93. The number of esters is 1. The van der Waals surface area contributed by atoms with Gasteiger partial charge in [-0.15, -0.1) is 11.3 Å². The van der Waals surface area contributed by atoms with Gasteiger partial charge in [0.1, 0.15) is 40.6 Å². The van der Waals surface area contributed by atoms with Crippen LogP contribution in [0.4, 0.5) is 13.8 Å². The first-order valence-electron chi connectivity index (χ1n) is 12.1. The lowest BCUT2D eigenvalue weighted by atomic mass is 9.93. The zero-order chi connectivity index (χ0) is 27.0. The van der Waals surface area contributed by atoms with Crippen LogP contribution in [-0.2, 0) is 23.3 Å². The van der Waals surface area contributed by atoms with E-state index in [0.717, 1.165) is 16.7 Å². The third-order valence-electron chi connectivity index (χ3n) is 5.72. The number of benzene rings is 2. The molecule has 2 heterocycles. The van der Waals surface area contributed by atoms with Crippen molar-refractivity contribution < 1.29 is 28.2 Å². The van der Waals surface area contributed by atoms with Gasteiger partial charge in [-0.1, -0.05) is 24.3 Å². The molecule has 1 atom stereocenters. The highest BCUT2D eigenvalue weighted by atomic mass is 32.1. The van der Waals surface area contributed by atoms with Crippen LogP contribution in [0.5, 0.6) is 5.75 Å². The number of rotatable bonds is 13. The number of aliphatic hydroxyl groups is 1. The van der Waals surface area contributed by atoms with Crippen molar-refractivity contribution in [2.45, 2.75) is 31.9 Å². The van der Waals surface area contributed by atoms with Gasteiger partial charge in [-0.25, -0.2) is 23.2 Å². The van der Waals surface area contributed by atoms with Crippen LogP contribution in [0.2, 0.25) is 0 Å². The monoisotopic (exact) mass is 542 g/mol. The molecule has 0 bridgehead atoms. The summed E-state index contributed by atoms with van der Waals surface area (Å²) in [5.41, 5.74) is -1.64. The third-order valence-corrected chi connectivity index (χ3v) is 6.87. The molecule has 0 spiro atoms. The highest BCUT2D eigenvalue weighted by molar-refractivity contribution is 7.16. The zero-order valence-electron chi connectivity index (χ0n) is 20.8. The first-order valence-corrected chi connectivity index (χ1v) is 12.9. The number of thiophene rings is 1. The van der Waals surface area contributed by atoms with Crippen molar-refractivity contribution >= 4 is 22.3 Å². The van der Waals surface area contributed by atoms with Crippen molar-refractivity contribution in [2.75, 3.05) is 25.1 Å². The number of carbonyl (C=O) groups excluding carboxylic acids is 1. The van der Waals surface area contributed by atoms with Crippen LogP contribution in [0, 0.1) is 11.6 Å². The fourth-order valence-electron chi connectivity index (χ4n) is 3.92.